The third-order valence-electron chi connectivity index (χ3n) is 2.76. The molecule has 9 heteroatoms. The zero-order chi connectivity index (χ0) is 15.4. The first-order chi connectivity index (χ1) is 8.95. The van der Waals surface area contributed by atoms with Crippen LogP contribution < -0.4 is 0 Å². The lowest BCUT2D eigenvalue weighted by Gasteiger charge is -2.39. The molecule has 20 heavy (non-hydrogen) atoms. The smallest absolute Gasteiger partial charge is 0.209 e. The molecule has 0 amide bonds. The topological polar surface area (TPSA) is 12.4 Å². The van der Waals surface area contributed by atoms with Crippen LogP contribution in [0.5, 0.6) is 0 Å². The van der Waals surface area contributed by atoms with E-state index in [0.717, 1.165) is 24.3 Å². The number of hydrogen-bond donors (Lipinski definition) is 0. The molecule has 0 unspecified atom stereocenters. The molecule has 1 aliphatic rings. The highest BCUT2D eigenvalue weighted by molar-refractivity contribution is 6.07. The Hall–Kier alpha value is -1.67. The van der Waals surface area contributed by atoms with E-state index in [4.69, 9.17) is 0 Å². The van der Waals surface area contributed by atoms with E-state index in [2.05, 4.69) is 0 Å². The molecule has 0 aliphatic carbocycles. The van der Waals surface area contributed by atoms with Gasteiger partial charge in [-0.3, -0.25) is 0 Å². The van der Waals surface area contributed by atoms with E-state index in [1.165, 1.54) is 6.07 Å². The van der Waals surface area contributed by atoms with Gasteiger partial charge in [-0.15, -0.1) is 0 Å². The second-order valence-corrected chi connectivity index (χ2v) is 4.09. The molecule has 0 bridgehead atoms. The van der Waals surface area contributed by atoms with E-state index in [9.17, 15) is 35.1 Å². The molecule has 110 valence electrons. The van der Waals surface area contributed by atoms with Gasteiger partial charge in [-0.25, -0.2) is 4.99 Å². The Kier molecular flexibility index (Phi) is 2.89. The molecular weight excluding hydrogens is 298 g/mol. The SMILES string of the molecule is FC1(F)N=C(c2ccccc2)C(F)(F)C(F)(F)C1(F)F. The number of benzene rings is 1. The molecular formula is C11H5F8N. The van der Waals surface area contributed by atoms with Crippen molar-refractivity contribution in [3.05, 3.63) is 35.9 Å². The van der Waals surface area contributed by atoms with Crippen molar-refractivity contribution in [3.8, 4) is 0 Å². The van der Waals surface area contributed by atoms with Crippen LogP contribution in [0.1, 0.15) is 5.56 Å². The number of rotatable bonds is 1. The van der Waals surface area contributed by atoms with Crippen LogP contribution in [0.3, 0.4) is 0 Å². The summed E-state index contributed by atoms with van der Waals surface area (Å²) in [7, 11) is 0. The van der Waals surface area contributed by atoms with E-state index < -0.39 is 35.1 Å². The molecule has 1 aromatic carbocycles. The van der Waals surface area contributed by atoms with Gasteiger partial charge < -0.3 is 0 Å². The van der Waals surface area contributed by atoms with Crippen molar-refractivity contribution >= 4 is 5.71 Å². The standard InChI is InChI=1S/C11H5F8N/c12-8(13)7(6-4-2-1-3-5-6)20-11(18,19)10(16,17)9(8,14)15/h1-5H. The fourth-order valence-electron chi connectivity index (χ4n) is 1.66. The number of alkyl halides is 8. The lowest BCUT2D eigenvalue weighted by atomic mass is 9.91. The second-order valence-electron chi connectivity index (χ2n) is 4.09. The molecule has 0 radical (unpaired) electrons. The highest BCUT2D eigenvalue weighted by atomic mass is 19.4. The van der Waals surface area contributed by atoms with Gasteiger partial charge in [-0.1, -0.05) is 30.3 Å². The van der Waals surface area contributed by atoms with E-state index in [1.54, 1.807) is 0 Å². The van der Waals surface area contributed by atoms with Crippen LogP contribution in [0.4, 0.5) is 35.1 Å². The summed E-state index contributed by atoms with van der Waals surface area (Å²) in [6.07, 6.45) is 0. The fraction of sp³-hybridized carbons (Fsp3) is 0.364. The Morgan fingerprint density at radius 3 is 1.70 bits per heavy atom. The van der Waals surface area contributed by atoms with Crippen molar-refractivity contribution in [2.45, 2.75) is 23.8 Å². The Morgan fingerprint density at radius 1 is 0.700 bits per heavy atom. The molecule has 1 heterocycles. The van der Waals surface area contributed by atoms with Gasteiger partial charge in [-0.2, -0.15) is 35.1 Å². The van der Waals surface area contributed by atoms with Gasteiger partial charge in [0.15, 0.2) is 0 Å². The van der Waals surface area contributed by atoms with Crippen molar-refractivity contribution in [2.24, 2.45) is 4.99 Å². The minimum absolute atomic E-state index is 0.785. The minimum atomic E-state index is -6.29. The van der Waals surface area contributed by atoms with E-state index in [0.29, 0.717) is 0 Å². The van der Waals surface area contributed by atoms with Crippen LogP contribution in [0, 0.1) is 0 Å². The highest BCUT2D eigenvalue weighted by Gasteiger charge is 2.85. The van der Waals surface area contributed by atoms with Crippen LogP contribution in [-0.4, -0.2) is 29.5 Å². The van der Waals surface area contributed by atoms with Crippen LogP contribution >= 0.6 is 0 Å². The summed E-state index contributed by atoms with van der Waals surface area (Å²) < 4.78 is 105. The summed E-state index contributed by atoms with van der Waals surface area (Å²) in [6.45, 7) is 0. The summed E-state index contributed by atoms with van der Waals surface area (Å²) >= 11 is 0. The van der Waals surface area contributed by atoms with E-state index in [-0.39, 0.29) is 0 Å². The maximum absolute atomic E-state index is 13.5. The van der Waals surface area contributed by atoms with Crippen LogP contribution in [0.25, 0.3) is 0 Å². The molecule has 1 aliphatic heterocycles. The third-order valence-corrected chi connectivity index (χ3v) is 2.76. The molecule has 0 spiro atoms. The molecule has 1 nitrogen and oxygen atoms in total. The average molecular weight is 303 g/mol. The van der Waals surface area contributed by atoms with Gasteiger partial charge in [0.05, 0.1) is 0 Å². The summed E-state index contributed by atoms with van der Waals surface area (Å²) in [5.74, 6) is -18.1. The summed E-state index contributed by atoms with van der Waals surface area (Å²) in [4.78, 5) is 1.89. The quantitative estimate of drug-likeness (QED) is 0.549. The Balaban J connectivity index is 2.73. The lowest BCUT2D eigenvalue weighted by molar-refractivity contribution is -0.357. The number of hydrogen-bond acceptors (Lipinski definition) is 1. The Morgan fingerprint density at radius 2 is 1.20 bits per heavy atom. The van der Waals surface area contributed by atoms with Gasteiger partial charge in [0.1, 0.15) is 5.71 Å². The molecule has 0 saturated heterocycles. The normalized spacial score (nSPS) is 25.9. The summed E-state index contributed by atoms with van der Waals surface area (Å²) in [6, 6.07) is -0.558. The van der Waals surface area contributed by atoms with E-state index in [1.807, 2.05) is 4.99 Å². The largest absolute Gasteiger partial charge is 0.412 e. The fourth-order valence-corrected chi connectivity index (χ4v) is 1.66. The first-order valence-corrected chi connectivity index (χ1v) is 5.12. The van der Waals surface area contributed by atoms with Gasteiger partial charge in [0, 0.05) is 5.56 Å². The van der Waals surface area contributed by atoms with Crippen molar-refractivity contribution in [2.75, 3.05) is 0 Å². The predicted octanol–water partition coefficient (Wildman–Crippen LogP) is 3.99. The van der Waals surface area contributed by atoms with Crippen molar-refractivity contribution in [1.82, 2.24) is 0 Å². The Bertz CT molecular complexity index is 549. The maximum Gasteiger partial charge on any atom is 0.412 e. The van der Waals surface area contributed by atoms with Crippen molar-refractivity contribution in [1.29, 1.82) is 0 Å². The molecule has 1 aromatic rings. The zero-order valence-electron chi connectivity index (χ0n) is 9.36. The second kappa shape index (κ2) is 3.92. The molecule has 0 fully saturated rings. The Labute approximate surface area is 106 Å². The molecule has 0 N–H and O–H groups in total. The minimum Gasteiger partial charge on any atom is -0.209 e. The average Bonchev–Trinajstić information content (AvgIpc) is 2.35. The van der Waals surface area contributed by atoms with Crippen molar-refractivity contribution < 1.29 is 35.1 Å². The van der Waals surface area contributed by atoms with Gasteiger partial charge in [0.2, 0.25) is 0 Å². The van der Waals surface area contributed by atoms with Crippen LogP contribution in [0.15, 0.2) is 35.3 Å². The van der Waals surface area contributed by atoms with Gasteiger partial charge >= 0.3 is 23.8 Å². The van der Waals surface area contributed by atoms with Crippen molar-refractivity contribution in [3.63, 3.8) is 0 Å². The molecule has 0 saturated carbocycles. The third kappa shape index (κ3) is 1.64. The van der Waals surface area contributed by atoms with E-state index >= 15 is 0 Å². The zero-order valence-corrected chi connectivity index (χ0v) is 9.36. The monoisotopic (exact) mass is 303 g/mol. The number of aliphatic imine (C=N–C) groups is 1. The molecule has 0 aromatic heterocycles. The lowest BCUT2D eigenvalue weighted by Crippen LogP contribution is -2.68. The molecule has 0 atom stereocenters. The van der Waals surface area contributed by atoms with Gasteiger partial charge in [-0.05, 0) is 0 Å². The first-order valence-electron chi connectivity index (χ1n) is 5.12. The summed E-state index contributed by atoms with van der Waals surface area (Å²) in [5.41, 5.74) is -2.86. The predicted molar refractivity (Wildman–Crippen MR) is 52.8 cm³/mol. The number of halogens is 8. The maximum atomic E-state index is 13.5. The number of nitrogens with zero attached hydrogens (tertiary/aromatic N) is 1. The first kappa shape index (κ1) is 14.7. The summed E-state index contributed by atoms with van der Waals surface area (Å²) in [5, 5.41) is 0. The molecule has 2 rings (SSSR count). The van der Waals surface area contributed by atoms with Gasteiger partial charge in [0.25, 0.3) is 0 Å². The van der Waals surface area contributed by atoms with Crippen LogP contribution in [0.2, 0.25) is 0 Å². The highest BCUT2D eigenvalue weighted by Crippen LogP contribution is 2.57. The van der Waals surface area contributed by atoms with Crippen LogP contribution in [-0.2, 0) is 0 Å².